The number of primary sulfonamides is 1. The number of rotatable bonds is 4. The Bertz CT molecular complexity index is 634. The highest BCUT2D eigenvalue weighted by Crippen LogP contribution is 2.35. The van der Waals surface area contributed by atoms with E-state index in [-0.39, 0.29) is 26.9 Å². The number of sulfonamides is 1. The molecule has 0 radical (unpaired) electrons. The molecule has 1 aromatic carbocycles. The lowest BCUT2D eigenvalue weighted by molar-refractivity contribution is 0.0820. The molecular weight excluding hydrogens is 300 g/mol. The van der Waals surface area contributed by atoms with Gasteiger partial charge in [0.2, 0.25) is 10.0 Å². The van der Waals surface area contributed by atoms with Gasteiger partial charge in [0, 0.05) is 16.1 Å². The third-order valence-corrected chi connectivity index (χ3v) is 4.94. The highest BCUT2D eigenvalue weighted by atomic mass is 35.5. The highest BCUT2D eigenvalue weighted by Gasteiger charge is 2.36. The molecule has 110 valence electrons. The summed E-state index contributed by atoms with van der Waals surface area (Å²) in [5.41, 5.74) is 0.0440. The van der Waals surface area contributed by atoms with E-state index in [1.54, 1.807) is 0 Å². The second kappa shape index (κ2) is 5.35. The third-order valence-electron chi connectivity index (χ3n) is 3.83. The fourth-order valence-corrected chi connectivity index (χ4v) is 3.22. The van der Waals surface area contributed by atoms with Crippen LogP contribution in [0.1, 0.15) is 43.0 Å². The topological polar surface area (TPSA) is 89.3 Å². The SMILES string of the molecule is CCC1(NC(=O)c2cc(Cl)cc(S(N)(=O)=O)c2)CCC1. The Hall–Kier alpha value is -1.11. The number of hydrogen-bond donors (Lipinski definition) is 2. The van der Waals surface area contributed by atoms with Crippen LogP contribution in [-0.4, -0.2) is 19.9 Å². The average Bonchev–Trinajstić information content (AvgIpc) is 2.31. The molecule has 0 aromatic heterocycles. The molecule has 20 heavy (non-hydrogen) atoms. The molecule has 3 N–H and O–H groups in total. The van der Waals surface area contributed by atoms with E-state index >= 15 is 0 Å². The van der Waals surface area contributed by atoms with Gasteiger partial charge in [0.25, 0.3) is 5.91 Å². The lowest BCUT2D eigenvalue weighted by Gasteiger charge is -2.42. The summed E-state index contributed by atoms with van der Waals surface area (Å²) in [5.74, 6) is -0.320. The maximum absolute atomic E-state index is 12.2. The standard InChI is InChI=1S/C13H17ClN2O3S/c1-2-13(4-3-5-13)16-12(17)9-6-10(14)8-11(7-9)20(15,18)19/h6-8H,2-5H2,1H3,(H,16,17)(H2,15,18,19). The number of nitrogens with two attached hydrogens (primary N) is 1. The van der Waals surface area contributed by atoms with Crippen LogP contribution in [0.3, 0.4) is 0 Å². The number of halogens is 1. The van der Waals surface area contributed by atoms with Crippen LogP contribution in [-0.2, 0) is 10.0 Å². The van der Waals surface area contributed by atoms with Crippen molar-refractivity contribution in [1.82, 2.24) is 5.32 Å². The Kier molecular flexibility index (Phi) is 4.09. The maximum Gasteiger partial charge on any atom is 0.251 e. The summed E-state index contributed by atoms with van der Waals surface area (Å²) in [5, 5.41) is 8.20. The molecule has 0 spiro atoms. The molecule has 0 bridgehead atoms. The highest BCUT2D eigenvalue weighted by molar-refractivity contribution is 7.89. The monoisotopic (exact) mass is 316 g/mol. The van der Waals surface area contributed by atoms with Gasteiger partial charge in [-0.1, -0.05) is 18.5 Å². The summed E-state index contributed by atoms with van der Waals surface area (Å²) >= 11 is 5.85. The van der Waals surface area contributed by atoms with Crippen molar-refractivity contribution in [3.8, 4) is 0 Å². The summed E-state index contributed by atoms with van der Waals surface area (Å²) in [6, 6.07) is 3.92. The molecule has 0 unspecified atom stereocenters. The van der Waals surface area contributed by atoms with Crippen LogP contribution < -0.4 is 10.5 Å². The van der Waals surface area contributed by atoms with Gasteiger partial charge < -0.3 is 5.32 Å². The molecule has 0 saturated heterocycles. The molecule has 7 heteroatoms. The zero-order chi connectivity index (χ0) is 15.0. The van der Waals surface area contributed by atoms with Crippen LogP contribution in [0, 0.1) is 0 Å². The minimum absolute atomic E-state index is 0.158. The van der Waals surface area contributed by atoms with Gasteiger partial charge in [-0.15, -0.1) is 0 Å². The molecule has 0 atom stereocenters. The number of carbonyl (C=O) groups excluding carboxylic acids is 1. The lowest BCUT2D eigenvalue weighted by Crippen LogP contribution is -2.53. The predicted molar refractivity (Wildman–Crippen MR) is 77.2 cm³/mol. The van der Waals surface area contributed by atoms with E-state index in [9.17, 15) is 13.2 Å². The summed E-state index contributed by atoms with van der Waals surface area (Å²) in [7, 11) is -3.89. The zero-order valence-corrected chi connectivity index (χ0v) is 12.7. The first kappa shape index (κ1) is 15.3. The molecule has 5 nitrogen and oxygen atoms in total. The van der Waals surface area contributed by atoms with Gasteiger partial charge >= 0.3 is 0 Å². The maximum atomic E-state index is 12.2. The van der Waals surface area contributed by atoms with E-state index < -0.39 is 10.0 Å². The van der Waals surface area contributed by atoms with Crippen LogP contribution in [0.15, 0.2) is 23.1 Å². The van der Waals surface area contributed by atoms with E-state index in [0.29, 0.717) is 0 Å². The van der Waals surface area contributed by atoms with Gasteiger partial charge in [0.1, 0.15) is 0 Å². The molecule has 1 saturated carbocycles. The van der Waals surface area contributed by atoms with Crippen LogP contribution in [0.25, 0.3) is 0 Å². The summed E-state index contributed by atoms with van der Waals surface area (Å²) in [6.45, 7) is 2.02. The van der Waals surface area contributed by atoms with Gasteiger partial charge in [0.15, 0.2) is 0 Å². The summed E-state index contributed by atoms with van der Waals surface area (Å²) in [4.78, 5) is 12.1. The molecule has 1 fully saturated rings. The van der Waals surface area contributed by atoms with Crippen molar-refractivity contribution < 1.29 is 13.2 Å². The number of carbonyl (C=O) groups is 1. The average molecular weight is 317 g/mol. The van der Waals surface area contributed by atoms with Crippen molar-refractivity contribution in [3.63, 3.8) is 0 Å². The zero-order valence-electron chi connectivity index (χ0n) is 11.1. The van der Waals surface area contributed by atoms with Crippen molar-refractivity contribution in [3.05, 3.63) is 28.8 Å². The molecule has 1 aliphatic rings. The largest absolute Gasteiger partial charge is 0.347 e. The van der Waals surface area contributed by atoms with E-state index in [2.05, 4.69) is 5.32 Å². The van der Waals surface area contributed by atoms with E-state index in [1.807, 2.05) is 6.92 Å². The van der Waals surface area contributed by atoms with Crippen LogP contribution >= 0.6 is 11.6 Å². The Labute approximate surface area is 123 Å². The quantitative estimate of drug-likeness (QED) is 0.891. The first-order valence-electron chi connectivity index (χ1n) is 6.42. The minimum Gasteiger partial charge on any atom is -0.347 e. The van der Waals surface area contributed by atoms with Crippen molar-refractivity contribution >= 4 is 27.5 Å². The number of amides is 1. The Balaban J connectivity index is 2.28. The third kappa shape index (κ3) is 3.13. The van der Waals surface area contributed by atoms with Gasteiger partial charge in [-0.2, -0.15) is 0 Å². The van der Waals surface area contributed by atoms with Crippen molar-refractivity contribution in [2.45, 2.75) is 43.0 Å². The Morgan fingerprint density at radius 1 is 1.40 bits per heavy atom. The molecule has 1 aromatic rings. The molecule has 0 heterocycles. The van der Waals surface area contributed by atoms with E-state index in [1.165, 1.54) is 18.2 Å². The second-order valence-electron chi connectivity index (χ2n) is 5.16. The number of hydrogen-bond acceptors (Lipinski definition) is 3. The minimum atomic E-state index is -3.89. The van der Waals surface area contributed by atoms with Crippen LogP contribution in [0.5, 0.6) is 0 Å². The molecule has 0 aliphatic heterocycles. The Morgan fingerprint density at radius 2 is 2.05 bits per heavy atom. The summed E-state index contributed by atoms with van der Waals surface area (Å²) < 4.78 is 22.7. The van der Waals surface area contributed by atoms with Crippen LogP contribution in [0.2, 0.25) is 5.02 Å². The fraction of sp³-hybridized carbons (Fsp3) is 0.462. The first-order valence-corrected chi connectivity index (χ1v) is 8.34. The number of nitrogens with one attached hydrogen (secondary N) is 1. The van der Waals surface area contributed by atoms with Gasteiger partial charge in [-0.25, -0.2) is 13.6 Å². The first-order chi connectivity index (χ1) is 9.26. The second-order valence-corrected chi connectivity index (χ2v) is 7.16. The Morgan fingerprint density at radius 3 is 2.50 bits per heavy atom. The molecule has 2 rings (SSSR count). The smallest absolute Gasteiger partial charge is 0.251 e. The molecular formula is C13H17ClN2O3S. The van der Waals surface area contributed by atoms with E-state index in [4.69, 9.17) is 16.7 Å². The van der Waals surface area contributed by atoms with Crippen molar-refractivity contribution in [1.29, 1.82) is 0 Å². The van der Waals surface area contributed by atoms with E-state index in [0.717, 1.165) is 25.7 Å². The summed E-state index contributed by atoms with van der Waals surface area (Å²) in [6.07, 6.45) is 3.82. The van der Waals surface area contributed by atoms with Crippen LogP contribution in [0.4, 0.5) is 0 Å². The lowest BCUT2D eigenvalue weighted by atomic mass is 9.74. The molecule has 1 amide bonds. The van der Waals surface area contributed by atoms with Gasteiger partial charge in [-0.3, -0.25) is 4.79 Å². The van der Waals surface area contributed by atoms with Gasteiger partial charge in [0.05, 0.1) is 4.90 Å². The number of benzene rings is 1. The predicted octanol–water partition coefficient (Wildman–Crippen LogP) is 2.05. The molecule has 1 aliphatic carbocycles. The normalized spacial score (nSPS) is 17.4. The fourth-order valence-electron chi connectivity index (χ4n) is 2.34. The van der Waals surface area contributed by atoms with Crippen molar-refractivity contribution in [2.24, 2.45) is 5.14 Å². The van der Waals surface area contributed by atoms with Gasteiger partial charge in [-0.05, 0) is 43.9 Å². The van der Waals surface area contributed by atoms with Crippen molar-refractivity contribution in [2.75, 3.05) is 0 Å².